The Morgan fingerprint density at radius 2 is 1.96 bits per heavy atom. The van der Waals surface area contributed by atoms with Gasteiger partial charge in [-0.1, -0.05) is 56.1 Å². The molecular formula is C21H25Cl2NO4. The molecule has 1 aliphatic rings. The van der Waals surface area contributed by atoms with Gasteiger partial charge in [-0.3, -0.25) is 9.59 Å². The van der Waals surface area contributed by atoms with E-state index in [9.17, 15) is 14.4 Å². The number of esters is 1. The van der Waals surface area contributed by atoms with Gasteiger partial charge in [-0.15, -0.1) is 0 Å². The van der Waals surface area contributed by atoms with Crippen LogP contribution in [0.5, 0.6) is 0 Å². The fraction of sp³-hybridized carbons (Fsp3) is 0.476. The van der Waals surface area contributed by atoms with E-state index in [4.69, 9.17) is 27.9 Å². The smallest absolute Gasteiger partial charge is 0.329 e. The summed E-state index contributed by atoms with van der Waals surface area (Å²) in [5.74, 6) is -1.56. The van der Waals surface area contributed by atoms with Gasteiger partial charge < -0.3 is 9.64 Å². The third kappa shape index (κ3) is 5.36. The van der Waals surface area contributed by atoms with Crippen LogP contribution in [-0.2, 0) is 19.1 Å². The number of halogens is 2. The SMILES string of the molecule is CCC(C)(C)C(=O)C(=O)N1CCCC1C(=O)OC/C=C/c1ccc(Cl)c(Cl)c1. The van der Waals surface area contributed by atoms with E-state index in [1.807, 2.05) is 6.92 Å². The number of Topliss-reactive ketones (excluding diaryl/α,β-unsaturated/α-hetero) is 1. The van der Waals surface area contributed by atoms with Crippen molar-refractivity contribution >= 4 is 46.9 Å². The van der Waals surface area contributed by atoms with Crippen molar-refractivity contribution < 1.29 is 19.1 Å². The summed E-state index contributed by atoms with van der Waals surface area (Å²) in [6.45, 7) is 5.80. The van der Waals surface area contributed by atoms with Gasteiger partial charge in [0.05, 0.1) is 10.0 Å². The van der Waals surface area contributed by atoms with E-state index in [1.165, 1.54) is 4.90 Å². The number of benzene rings is 1. The first-order chi connectivity index (χ1) is 13.2. The predicted octanol–water partition coefficient (Wildman–Crippen LogP) is 4.55. The molecule has 1 aliphatic heterocycles. The molecule has 1 fully saturated rings. The van der Waals surface area contributed by atoms with Crippen LogP contribution in [0.4, 0.5) is 0 Å². The summed E-state index contributed by atoms with van der Waals surface area (Å²) < 4.78 is 5.28. The molecule has 0 aromatic heterocycles. The minimum Gasteiger partial charge on any atom is -0.460 e. The highest BCUT2D eigenvalue weighted by molar-refractivity contribution is 6.42. The third-order valence-electron chi connectivity index (χ3n) is 5.05. The Labute approximate surface area is 175 Å². The van der Waals surface area contributed by atoms with E-state index in [0.717, 1.165) is 5.56 Å². The summed E-state index contributed by atoms with van der Waals surface area (Å²) in [5, 5.41) is 0.914. The fourth-order valence-corrected chi connectivity index (χ4v) is 3.17. The number of rotatable bonds is 7. The number of likely N-dealkylation sites (tertiary alicyclic amines) is 1. The van der Waals surface area contributed by atoms with Crippen LogP contribution in [0.25, 0.3) is 6.08 Å². The molecule has 2 rings (SSSR count). The van der Waals surface area contributed by atoms with E-state index in [0.29, 0.717) is 35.9 Å². The number of hydrogen-bond acceptors (Lipinski definition) is 4. The van der Waals surface area contributed by atoms with Crippen molar-refractivity contribution in [2.45, 2.75) is 46.1 Å². The second-order valence-electron chi connectivity index (χ2n) is 7.43. The molecule has 0 radical (unpaired) electrons. The summed E-state index contributed by atoms with van der Waals surface area (Å²) in [7, 11) is 0. The second-order valence-corrected chi connectivity index (χ2v) is 8.24. The summed E-state index contributed by atoms with van der Waals surface area (Å²) in [6, 6.07) is 4.49. The molecular weight excluding hydrogens is 401 g/mol. The third-order valence-corrected chi connectivity index (χ3v) is 5.79. The second kappa shape index (κ2) is 9.57. The molecule has 0 saturated carbocycles. The molecule has 28 heavy (non-hydrogen) atoms. The number of carbonyl (C=O) groups is 3. The summed E-state index contributed by atoms with van der Waals surface area (Å²) in [4.78, 5) is 38.8. The maximum Gasteiger partial charge on any atom is 0.329 e. The van der Waals surface area contributed by atoms with Crippen molar-refractivity contribution in [3.8, 4) is 0 Å². The lowest BCUT2D eigenvalue weighted by molar-refractivity contribution is -0.156. The topological polar surface area (TPSA) is 63.7 Å². The molecule has 0 bridgehead atoms. The van der Waals surface area contributed by atoms with Gasteiger partial charge in [0, 0.05) is 12.0 Å². The van der Waals surface area contributed by atoms with Gasteiger partial charge >= 0.3 is 5.97 Å². The zero-order valence-electron chi connectivity index (χ0n) is 16.3. The van der Waals surface area contributed by atoms with Gasteiger partial charge in [-0.2, -0.15) is 0 Å². The van der Waals surface area contributed by atoms with Gasteiger partial charge in [0.25, 0.3) is 5.91 Å². The van der Waals surface area contributed by atoms with Crippen LogP contribution in [0, 0.1) is 5.41 Å². The summed E-state index contributed by atoms with van der Waals surface area (Å²) in [5.41, 5.74) is 0.0898. The normalized spacial score (nSPS) is 17.2. The number of nitrogens with zero attached hydrogens (tertiary/aromatic N) is 1. The number of amides is 1. The molecule has 1 atom stereocenters. The van der Waals surface area contributed by atoms with Crippen LogP contribution in [0.1, 0.15) is 45.6 Å². The fourth-order valence-electron chi connectivity index (χ4n) is 2.86. The van der Waals surface area contributed by atoms with Crippen LogP contribution in [0.3, 0.4) is 0 Å². The average Bonchev–Trinajstić information content (AvgIpc) is 3.16. The molecule has 1 heterocycles. The zero-order valence-corrected chi connectivity index (χ0v) is 17.8. The van der Waals surface area contributed by atoms with Crippen LogP contribution < -0.4 is 0 Å². The number of carbonyl (C=O) groups excluding carboxylic acids is 3. The van der Waals surface area contributed by atoms with Crippen molar-refractivity contribution in [3.05, 3.63) is 39.9 Å². The van der Waals surface area contributed by atoms with Gasteiger partial charge in [0.1, 0.15) is 12.6 Å². The van der Waals surface area contributed by atoms with Crippen LogP contribution in [0.15, 0.2) is 24.3 Å². The summed E-state index contributed by atoms with van der Waals surface area (Å²) in [6.07, 6.45) is 5.18. The first-order valence-electron chi connectivity index (χ1n) is 9.31. The van der Waals surface area contributed by atoms with E-state index >= 15 is 0 Å². The van der Waals surface area contributed by atoms with E-state index < -0.39 is 29.1 Å². The van der Waals surface area contributed by atoms with Crippen molar-refractivity contribution in [1.82, 2.24) is 4.90 Å². The molecule has 1 aromatic rings. The minimum absolute atomic E-state index is 0.0615. The highest BCUT2D eigenvalue weighted by atomic mass is 35.5. The summed E-state index contributed by atoms with van der Waals surface area (Å²) >= 11 is 11.8. The van der Waals surface area contributed by atoms with Crippen LogP contribution >= 0.6 is 23.2 Å². The van der Waals surface area contributed by atoms with Crippen LogP contribution in [-0.4, -0.2) is 41.8 Å². The van der Waals surface area contributed by atoms with Crippen LogP contribution in [0.2, 0.25) is 10.0 Å². The zero-order chi connectivity index (χ0) is 20.9. The highest BCUT2D eigenvalue weighted by Crippen LogP contribution is 2.26. The van der Waals surface area contributed by atoms with Gasteiger partial charge in [0.15, 0.2) is 0 Å². The van der Waals surface area contributed by atoms with E-state index in [1.54, 1.807) is 44.2 Å². The average molecular weight is 426 g/mol. The Morgan fingerprint density at radius 1 is 1.25 bits per heavy atom. The van der Waals surface area contributed by atoms with Crippen molar-refractivity contribution in [3.63, 3.8) is 0 Å². The van der Waals surface area contributed by atoms with Gasteiger partial charge in [0.2, 0.25) is 5.78 Å². The minimum atomic E-state index is -0.739. The molecule has 1 saturated heterocycles. The Morgan fingerprint density at radius 3 is 2.61 bits per heavy atom. The first kappa shape index (κ1) is 22.4. The lowest BCUT2D eigenvalue weighted by Gasteiger charge is -2.27. The predicted molar refractivity (Wildman–Crippen MR) is 110 cm³/mol. The largest absolute Gasteiger partial charge is 0.460 e. The molecule has 5 nitrogen and oxygen atoms in total. The van der Waals surface area contributed by atoms with E-state index in [2.05, 4.69) is 0 Å². The van der Waals surface area contributed by atoms with E-state index in [-0.39, 0.29) is 6.61 Å². The molecule has 0 spiro atoms. The standard InChI is InChI=1S/C21H25Cl2NO4/c1-4-21(2,3)18(25)19(26)24-11-5-8-17(24)20(27)28-12-6-7-14-9-10-15(22)16(23)13-14/h6-7,9-10,13,17H,4-5,8,11-12H2,1-3H3/b7-6+. The van der Waals surface area contributed by atoms with Gasteiger partial charge in [-0.25, -0.2) is 4.79 Å². The Kier molecular flexibility index (Phi) is 7.67. The maximum absolute atomic E-state index is 12.6. The molecule has 152 valence electrons. The highest BCUT2D eigenvalue weighted by Gasteiger charge is 2.41. The monoisotopic (exact) mass is 425 g/mol. The Bertz CT molecular complexity index is 789. The molecule has 0 aliphatic carbocycles. The lowest BCUT2D eigenvalue weighted by Crippen LogP contribution is -2.47. The first-order valence-corrected chi connectivity index (χ1v) is 10.1. The number of hydrogen-bond donors (Lipinski definition) is 0. The lowest BCUT2D eigenvalue weighted by atomic mass is 9.84. The molecule has 7 heteroatoms. The maximum atomic E-state index is 12.6. The molecule has 0 N–H and O–H groups in total. The van der Waals surface area contributed by atoms with Crippen molar-refractivity contribution in [2.75, 3.05) is 13.2 Å². The Balaban J connectivity index is 1.93. The Hall–Kier alpha value is -1.85. The van der Waals surface area contributed by atoms with Crippen molar-refractivity contribution in [1.29, 1.82) is 0 Å². The number of ether oxygens (including phenoxy) is 1. The molecule has 1 amide bonds. The molecule has 1 aromatic carbocycles. The molecule has 1 unspecified atom stereocenters. The number of ketones is 1. The van der Waals surface area contributed by atoms with Gasteiger partial charge in [-0.05, 0) is 43.0 Å². The quantitative estimate of drug-likeness (QED) is 0.474. The van der Waals surface area contributed by atoms with Crippen molar-refractivity contribution in [2.24, 2.45) is 5.41 Å².